The molecule has 0 aliphatic carbocycles. The van der Waals surface area contributed by atoms with E-state index in [0.717, 1.165) is 5.69 Å². The molecular formula is C16H18N2O2. The topological polar surface area (TPSA) is 55.2 Å². The lowest BCUT2D eigenvalue weighted by Gasteiger charge is -2.19. The average Bonchev–Trinajstić information content (AvgIpc) is 2.41. The molecule has 0 fully saturated rings. The van der Waals surface area contributed by atoms with Crippen molar-refractivity contribution in [2.45, 2.75) is 26.8 Å². The molecule has 0 saturated carbocycles. The second kappa shape index (κ2) is 5.74. The van der Waals surface area contributed by atoms with Gasteiger partial charge in [-0.15, -0.1) is 0 Å². The maximum absolute atomic E-state index is 11.0. The summed E-state index contributed by atoms with van der Waals surface area (Å²) in [4.78, 5) is 10.6. The van der Waals surface area contributed by atoms with Crippen LogP contribution in [0.15, 0.2) is 42.5 Å². The Kier molecular flexibility index (Phi) is 4.03. The molecule has 0 spiro atoms. The quantitative estimate of drug-likeness (QED) is 0.662. The number of nitro groups is 1. The third kappa shape index (κ3) is 2.79. The Labute approximate surface area is 118 Å². The highest BCUT2D eigenvalue weighted by atomic mass is 16.6. The van der Waals surface area contributed by atoms with E-state index in [1.165, 1.54) is 17.2 Å². The van der Waals surface area contributed by atoms with E-state index in [-0.39, 0.29) is 16.7 Å². The first-order valence-corrected chi connectivity index (χ1v) is 6.56. The van der Waals surface area contributed by atoms with Gasteiger partial charge in [-0.05, 0) is 38.0 Å². The Hall–Kier alpha value is -2.36. The standard InChI is InChI=1S/C16H18N2O2/c1-11-7-4-5-8-14(11)13(3)17-15-9-6-10-16(12(15)2)18(19)20/h4-10,13,17H,1-3H3. The van der Waals surface area contributed by atoms with Crippen molar-refractivity contribution in [3.05, 3.63) is 69.3 Å². The van der Waals surface area contributed by atoms with Crippen molar-refractivity contribution in [2.75, 3.05) is 5.32 Å². The number of nitrogens with zero attached hydrogens (tertiary/aromatic N) is 1. The number of benzene rings is 2. The van der Waals surface area contributed by atoms with Crippen LogP contribution < -0.4 is 5.32 Å². The Morgan fingerprint density at radius 1 is 1.10 bits per heavy atom. The van der Waals surface area contributed by atoms with Gasteiger partial charge in [0.25, 0.3) is 5.69 Å². The zero-order chi connectivity index (χ0) is 14.7. The summed E-state index contributed by atoms with van der Waals surface area (Å²) in [5.74, 6) is 0. The monoisotopic (exact) mass is 270 g/mol. The van der Waals surface area contributed by atoms with Crippen LogP contribution in [0.2, 0.25) is 0 Å². The molecule has 104 valence electrons. The summed E-state index contributed by atoms with van der Waals surface area (Å²) in [7, 11) is 0. The van der Waals surface area contributed by atoms with Crippen molar-refractivity contribution in [1.29, 1.82) is 0 Å². The van der Waals surface area contributed by atoms with E-state index in [0.29, 0.717) is 5.56 Å². The zero-order valence-electron chi connectivity index (χ0n) is 11.9. The molecule has 0 aliphatic heterocycles. The summed E-state index contributed by atoms with van der Waals surface area (Å²) in [5, 5.41) is 14.3. The summed E-state index contributed by atoms with van der Waals surface area (Å²) < 4.78 is 0. The van der Waals surface area contributed by atoms with Crippen LogP contribution in [0.1, 0.15) is 29.7 Å². The summed E-state index contributed by atoms with van der Waals surface area (Å²) in [6.07, 6.45) is 0. The van der Waals surface area contributed by atoms with E-state index in [9.17, 15) is 10.1 Å². The number of rotatable bonds is 4. The van der Waals surface area contributed by atoms with Crippen LogP contribution in [-0.2, 0) is 0 Å². The minimum Gasteiger partial charge on any atom is -0.378 e. The molecule has 0 aliphatic rings. The molecule has 2 aromatic carbocycles. The second-order valence-corrected chi connectivity index (χ2v) is 4.93. The molecule has 0 bridgehead atoms. The SMILES string of the molecule is Cc1ccccc1C(C)Nc1cccc([N+](=O)[O-])c1C. The minimum absolute atomic E-state index is 0.0944. The van der Waals surface area contributed by atoms with E-state index in [1.54, 1.807) is 13.0 Å². The Morgan fingerprint density at radius 3 is 2.45 bits per heavy atom. The fourth-order valence-electron chi connectivity index (χ4n) is 2.36. The Morgan fingerprint density at radius 2 is 1.80 bits per heavy atom. The van der Waals surface area contributed by atoms with E-state index < -0.39 is 0 Å². The molecule has 1 atom stereocenters. The fraction of sp³-hybridized carbons (Fsp3) is 0.250. The van der Waals surface area contributed by atoms with Gasteiger partial charge >= 0.3 is 0 Å². The van der Waals surface area contributed by atoms with Crippen molar-refractivity contribution in [3.8, 4) is 0 Å². The highest BCUT2D eigenvalue weighted by Crippen LogP contribution is 2.29. The lowest BCUT2D eigenvalue weighted by atomic mass is 10.0. The van der Waals surface area contributed by atoms with Crippen LogP contribution >= 0.6 is 0 Å². The number of anilines is 1. The number of hydrogen-bond donors (Lipinski definition) is 1. The van der Waals surface area contributed by atoms with Crippen LogP contribution in [0.3, 0.4) is 0 Å². The normalized spacial score (nSPS) is 11.9. The van der Waals surface area contributed by atoms with Gasteiger partial charge in [0, 0.05) is 23.4 Å². The number of aryl methyl sites for hydroxylation is 1. The Bertz CT molecular complexity index is 638. The molecule has 0 aromatic heterocycles. The number of hydrogen-bond acceptors (Lipinski definition) is 3. The Balaban J connectivity index is 2.29. The van der Waals surface area contributed by atoms with Crippen molar-refractivity contribution >= 4 is 11.4 Å². The van der Waals surface area contributed by atoms with Gasteiger partial charge in [0.15, 0.2) is 0 Å². The molecule has 0 heterocycles. The lowest BCUT2D eigenvalue weighted by molar-refractivity contribution is -0.385. The van der Waals surface area contributed by atoms with Gasteiger partial charge < -0.3 is 5.32 Å². The molecule has 4 nitrogen and oxygen atoms in total. The highest BCUT2D eigenvalue weighted by Gasteiger charge is 2.15. The molecule has 20 heavy (non-hydrogen) atoms. The van der Waals surface area contributed by atoms with Crippen molar-refractivity contribution in [3.63, 3.8) is 0 Å². The summed E-state index contributed by atoms with van der Waals surface area (Å²) in [6.45, 7) is 5.89. The van der Waals surface area contributed by atoms with E-state index in [2.05, 4.69) is 31.3 Å². The minimum atomic E-state index is -0.348. The van der Waals surface area contributed by atoms with Crippen LogP contribution in [0, 0.1) is 24.0 Å². The molecule has 1 unspecified atom stereocenters. The van der Waals surface area contributed by atoms with Gasteiger partial charge in [-0.3, -0.25) is 10.1 Å². The largest absolute Gasteiger partial charge is 0.378 e. The molecule has 2 aromatic rings. The van der Waals surface area contributed by atoms with Crippen LogP contribution in [0.25, 0.3) is 0 Å². The van der Waals surface area contributed by atoms with Gasteiger partial charge in [0.05, 0.1) is 4.92 Å². The van der Waals surface area contributed by atoms with Crippen LogP contribution in [0.5, 0.6) is 0 Å². The first kappa shape index (κ1) is 14.1. The first-order chi connectivity index (χ1) is 9.50. The highest BCUT2D eigenvalue weighted by molar-refractivity contribution is 5.60. The first-order valence-electron chi connectivity index (χ1n) is 6.56. The van der Waals surface area contributed by atoms with E-state index >= 15 is 0 Å². The summed E-state index contributed by atoms with van der Waals surface area (Å²) in [5.41, 5.74) is 4.01. The third-order valence-corrected chi connectivity index (χ3v) is 3.53. The van der Waals surface area contributed by atoms with Gasteiger partial charge in [-0.1, -0.05) is 30.3 Å². The predicted octanol–water partition coefficient (Wildman–Crippen LogP) is 4.38. The van der Waals surface area contributed by atoms with Gasteiger partial charge in [0.2, 0.25) is 0 Å². The molecule has 4 heteroatoms. The van der Waals surface area contributed by atoms with E-state index in [1.807, 2.05) is 18.2 Å². The molecule has 0 saturated heterocycles. The fourth-order valence-corrected chi connectivity index (χ4v) is 2.36. The third-order valence-electron chi connectivity index (χ3n) is 3.53. The lowest BCUT2D eigenvalue weighted by Crippen LogP contribution is -2.09. The van der Waals surface area contributed by atoms with Crippen molar-refractivity contribution in [2.24, 2.45) is 0 Å². The number of nitrogens with one attached hydrogen (secondary N) is 1. The second-order valence-electron chi connectivity index (χ2n) is 4.93. The summed E-state index contributed by atoms with van der Waals surface area (Å²) >= 11 is 0. The average molecular weight is 270 g/mol. The predicted molar refractivity (Wildman–Crippen MR) is 81.1 cm³/mol. The van der Waals surface area contributed by atoms with Gasteiger partial charge in [-0.25, -0.2) is 0 Å². The van der Waals surface area contributed by atoms with E-state index in [4.69, 9.17) is 0 Å². The molecular weight excluding hydrogens is 252 g/mol. The molecule has 0 radical (unpaired) electrons. The number of nitro benzene ring substituents is 1. The van der Waals surface area contributed by atoms with Crippen molar-refractivity contribution in [1.82, 2.24) is 0 Å². The molecule has 0 amide bonds. The zero-order valence-corrected chi connectivity index (χ0v) is 11.9. The maximum atomic E-state index is 11.0. The van der Waals surface area contributed by atoms with Gasteiger partial charge in [0.1, 0.15) is 0 Å². The van der Waals surface area contributed by atoms with Gasteiger partial charge in [-0.2, -0.15) is 0 Å². The van der Waals surface area contributed by atoms with Crippen LogP contribution in [0.4, 0.5) is 11.4 Å². The smallest absolute Gasteiger partial charge is 0.274 e. The summed E-state index contributed by atoms with van der Waals surface area (Å²) in [6, 6.07) is 13.3. The van der Waals surface area contributed by atoms with Crippen molar-refractivity contribution < 1.29 is 4.92 Å². The molecule has 1 N–H and O–H groups in total. The molecule has 2 rings (SSSR count). The maximum Gasteiger partial charge on any atom is 0.274 e. The van der Waals surface area contributed by atoms with Crippen LogP contribution in [-0.4, -0.2) is 4.92 Å².